The van der Waals surface area contributed by atoms with E-state index in [2.05, 4.69) is 46.3 Å². The normalized spacial score (nSPS) is 21.2. The van der Waals surface area contributed by atoms with Crippen LogP contribution in [-0.2, 0) is 6.42 Å². The van der Waals surface area contributed by atoms with Crippen molar-refractivity contribution in [3.05, 3.63) is 46.0 Å². The fourth-order valence-electron chi connectivity index (χ4n) is 1.96. The van der Waals surface area contributed by atoms with Crippen LogP contribution >= 0.6 is 15.9 Å². The summed E-state index contributed by atoms with van der Waals surface area (Å²) in [6.07, 6.45) is 6.71. The molecule has 2 heteroatoms. The maximum Gasteiger partial charge on any atom is 0.0210 e. The molecule has 0 radical (unpaired) electrons. The molecule has 0 fully saturated rings. The summed E-state index contributed by atoms with van der Waals surface area (Å²) in [5.74, 6) is 0. The van der Waals surface area contributed by atoms with Crippen LogP contribution in [0.1, 0.15) is 24.8 Å². The summed E-state index contributed by atoms with van der Waals surface area (Å²) < 4.78 is 1.21. The van der Waals surface area contributed by atoms with E-state index in [0.717, 1.165) is 25.7 Å². The van der Waals surface area contributed by atoms with Crippen molar-refractivity contribution in [1.82, 2.24) is 0 Å². The van der Waals surface area contributed by atoms with Gasteiger partial charge in [0.25, 0.3) is 0 Å². The highest BCUT2D eigenvalue weighted by atomic mass is 79.9. The van der Waals surface area contributed by atoms with Crippen LogP contribution in [0.15, 0.2) is 40.4 Å². The van der Waals surface area contributed by atoms with E-state index in [1.165, 1.54) is 15.6 Å². The fourth-order valence-corrected chi connectivity index (χ4v) is 2.38. The predicted octanol–water partition coefficient (Wildman–Crippen LogP) is 3.43. The molecular weight excluding hydrogens is 250 g/mol. The summed E-state index contributed by atoms with van der Waals surface area (Å²) >= 11 is 3.58. The zero-order valence-corrected chi connectivity index (χ0v) is 10.3. The van der Waals surface area contributed by atoms with Gasteiger partial charge in [-0.1, -0.05) is 45.8 Å². The number of benzene rings is 1. The highest BCUT2D eigenvalue weighted by Gasteiger charge is 2.11. The molecule has 0 amide bonds. The van der Waals surface area contributed by atoms with Gasteiger partial charge in [-0.05, 0) is 37.3 Å². The number of hydrogen-bond donors (Lipinski definition) is 1. The molecule has 1 aromatic carbocycles. The Kier molecular flexibility index (Phi) is 3.60. The van der Waals surface area contributed by atoms with Gasteiger partial charge in [-0.25, -0.2) is 0 Å². The standard InChI is InChI=1S/C13H16BrN/c14-13-4-2-1-3-11(13)9-10-5-7-12(15)8-6-10/h1-5,12H,6-9,15H2. The minimum Gasteiger partial charge on any atom is -0.327 e. The van der Waals surface area contributed by atoms with E-state index < -0.39 is 0 Å². The maximum absolute atomic E-state index is 5.87. The van der Waals surface area contributed by atoms with Gasteiger partial charge in [0.15, 0.2) is 0 Å². The van der Waals surface area contributed by atoms with Gasteiger partial charge in [0, 0.05) is 10.5 Å². The Balaban J connectivity index is 2.06. The molecule has 0 aliphatic heterocycles. The van der Waals surface area contributed by atoms with Gasteiger partial charge in [0.2, 0.25) is 0 Å². The van der Waals surface area contributed by atoms with Gasteiger partial charge in [0.05, 0.1) is 0 Å². The molecule has 1 aliphatic rings. The summed E-state index contributed by atoms with van der Waals surface area (Å²) in [4.78, 5) is 0. The fraction of sp³-hybridized carbons (Fsp3) is 0.385. The van der Waals surface area contributed by atoms with Crippen molar-refractivity contribution < 1.29 is 0 Å². The molecule has 0 saturated heterocycles. The lowest BCUT2D eigenvalue weighted by atomic mass is 9.92. The van der Waals surface area contributed by atoms with Gasteiger partial charge < -0.3 is 5.73 Å². The monoisotopic (exact) mass is 265 g/mol. The molecule has 0 bridgehead atoms. The average Bonchev–Trinajstić information content (AvgIpc) is 2.25. The van der Waals surface area contributed by atoms with Crippen molar-refractivity contribution in [3.8, 4) is 0 Å². The molecule has 0 spiro atoms. The summed E-state index contributed by atoms with van der Waals surface area (Å²) in [6.45, 7) is 0. The summed E-state index contributed by atoms with van der Waals surface area (Å²) in [7, 11) is 0. The van der Waals surface area contributed by atoms with Crippen molar-refractivity contribution in [2.75, 3.05) is 0 Å². The van der Waals surface area contributed by atoms with Gasteiger partial charge in [-0.3, -0.25) is 0 Å². The molecule has 1 nitrogen and oxygen atoms in total. The quantitative estimate of drug-likeness (QED) is 0.815. The minimum absolute atomic E-state index is 0.382. The molecule has 0 heterocycles. The first-order valence-corrected chi connectivity index (χ1v) is 6.22. The highest BCUT2D eigenvalue weighted by molar-refractivity contribution is 9.10. The average molecular weight is 266 g/mol. The topological polar surface area (TPSA) is 26.0 Å². The molecule has 0 saturated carbocycles. The maximum atomic E-state index is 5.87. The van der Waals surface area contributed by atoms with Crippen molar-refractivity contribution >= 4 is 15.9 Å². The van der Waals surface area contributed by atoms with Gasteiger partial charge in [0.1, 0.15) is 0 Å². The SMILES string of the molecule is NC1CC=C(Cc2ccccc2Br)CC1. The van der Waals surface area contributed by atoms with Crippen LogP contribution in [0.4, 0.5) is 0 Å². The van der Waals surface area contributed by atoms with E-state index in [9.17, 15) is 0 Å². The molecule has 1 aliphatic carbocycles. The highest BCUT2D eigenvalue weighted by Crippen LogP contribution is 2.24. The van der Waals surface area contributed by atoms with E-state index in [1.54, 1.807) is 0 Å². The van der Waals surface area contributed by atoms with Crippen molar-refractivity contribution in [3.63, 3.8) is 0 Å². The van der Waals surface area contributed by atoms with Crippen LogP contribution < -0.4 is 5.73 Å². The Bertz CT molecular complexity index is 371. The largest absolute Gasteiger partial charge is 0.327 e. The van der Waals surface area contributed by atoms with Gasteiger partial charge >= 0.3 is 0 Å². The molecule has 1 atom stereocenters. The third-order valence-corrected chi connectivity index (χ3v) is 3.69. The molecule has 0 aromatic heterocycles. The van der Waals surface area contributed by atoms with Gasteiger partial charge in [-0.15, -0.1) is 0 Å². The smallest absolute Gasteiger partial charge is 0.0210 e. The molecular formula is C13H16BrN. The second kappa shape index (κ2) is 4.95. The molecule has 1 unspecified atom stereocenters. The van der Waals surface area contributed by atoms with Crippen LogP contribution in [0, 0.1) is 0 Å². The Morgan fingerprint density at radius 2 is 2.13 bits per heavy atom. The number of nitrogens with two attached hydrogens (primary N) is 1. The van der Waals surface area contributed by atoms with Crippen LogP contribution in [0.2, 0.25) is 0 Å². The van der Waals surface area contributed by atoms with Crippen LogP contribution in [0.3, 0.4) is 0 Å². The lowest BCUT2D eigenvalue weighted by Crippen LogP contribution is -2.22. The Hall–Kier alpha value is -0.600. The third kappa shape index (κ3) is 2.93. The lowest BCUT2D eigenvalue weighted by Gasteiger charge is -2.18. The zero-order chi connectivity index (χ0) is 10.7. The zero-order valence-electron chi connectivity index (χ0n) is 8.75. The van der Waals surface area contributed by atoms with Crippen LogP contribution in [0.5, 0.6) is 0 Å². The summed E-state index contributed by atoms with van der Waals surface area (Å²) in [6, 6.07) is 8.81. The first kappa shape index (κ1) is 10.9. The van der Waals surface area contributed by atoms with E-state index in [0.29, 0.717) is 6.04 Å². The Labute approximate surface area is 99.5 Å². The van der Waals surface area contributed by atoms with Crippen LogP contribution in [0.25, 0.3) is 0 Å². The number of halogens is 1. The lowest BCUT2D eigenvalue weighted by molar-refractivity contribution is 0.583. The van der Waals surface area contributed by atoms with E-state index in [4.69, 9.17) is 5.73 Å². The second-order valence-electron chi connectivity index (χ2n) is 4.17. The van der Waals surface area contributed by atoms with Gasteiger partial charge in [-0.2, -0.15) is 0 Å². The first-order chi connectivity index (χ1) is 7.25. The number of rotatable bonds is 2. The molecule has 2 N–H and O–H groups in total. The third-order valence-electron chi connectivity index (χ3n) is 2.92. The molecule has 80 valence electrons. The number of allylic oxidation sites excluding steroid dienone is 1. The molecule has 1 aromatic rings. The summed E-state index contributed by atoms with van der Waals surface area (Å²) in [5, 5.41) is 0. The van der Waals surface area contributed by atoms with E-state index >= 15 is 0 Å². The van der Waals surface area contributed by atoms with E-state index in [-0.39, 0.29) is 0 Å². The minimum atomic E-state index is 0.382. The van der Waals surface area contributed by atoms with Crippen LogP contribution in [-0.4, -0.2) is 6.04 Å². The first-order valence-electron chi connectivity index (χ1n) is 5.42. The Morgan fingerprint density at radius 1 is 1.33 bits per heavy atom. The van der Waals surface area contributed by atoms with E-state index in [1.807, 2.05) is 0 Å². The molecule has 2 rings (SSSR count). The predicted molar refractivity (Wildman–Crippen MR) is 67.8 cm³/mol. The van der Waals surface area contributed by atoms with Crippen molar-refractivity contribution in [1.29, 1.82) is 0 Å². The van der Waals surface area contributed by atoms with Crippen molar-refractivity contribution in [2.24, 2.45) is 5.73 Å². The Morgan fingerprint density at radius 3 is 2.80 bits per heavy atom. The second-order valence-corrected chi connectivity index (χ2v) is 5.02. The summed E-state index contributed by atoms with van der Waals surface area (Å²) in [5.41, 5.74) is 8.77. The molecule has 15 heavy (non-hydrogen) atoms. The number of hydrogen-bond acceptors (Lipinski definition) is 1. The van der Waals surface area contributed by atoms with Crippen molar-refractivity contribution in [2.45, 2.75) is 31.7 Å².